The minimum atomic E-state index is -0.0998. The third kappa shape index (κ3) is 2.79. The molecule has 0 bridgehead atoms. The topological polar surface area (TPSA) is 29.1 Å². The van der Waals surface area contributed by atoms with Crippen LogP contribution in [0.1, 0.15) is 18.6 Å². The zero-order valence-electron chi connectivity index (χ0n) is 9.78. The second-order valence-corrected chi connectivity index (χ2v) is 5.61. The molecule has 20 heavy (non-hydrogen) atoms. The van der Waals surface area contributed by atoms with E-state index in [2.05, 4.69) is 21.2 Å². The van der Waals surface area contributed by atoms with Crippen LogP contribution in [0.2, 0.25) is 5.02 Å². The molecule has 0 unspecified atom stereocenters. The quantitative estimate of drug-likeness (QED) is 0.701. The van der Waals surface area contributed by atoms with Crippen LogP contribution in [0, 0.1) is 0 Å². The van der Waals surface area contributed by atoms with E-state index in [4.69, 9.17) is 11.6 Å². The number of carbonyl (C=O) groups is 1. The van der Waals surface area contributed by atoms with Crippen LogP contribution in [0.4, 0.5) is 5.69 Å². The highest BCUT2D eigenvalue weighted by molar-refractivity contribution is 9.10. The van der Waals surface area contributed by atoms with E-state index in [1.165, 1.54) is 0 Å². The van der Waals surface area contributed by atoms with Crippen LogP contribution < -0.4 is 5.32 Å². The largest absolute Gasteiger partial charge is 0.321 e. The molecule has 0 saturated carbocycles. The number of hydrogen-bond acceptors (Lipinski definition) is 1. The molecule has 0 saturated heterocycles. The summed E-state index contributed by atoms with van der Waals surface area (Å²) in [6, 6.07) is 13.2. The molecule has 0 atom stereocenters. The van der Waals surface area contributed by atoms with Gasteiger partial charge in [0.2, 0.25) is 0 Å². The number of anilines is 1. The number of carbonyl (C=O) groups excluding carboxylic acids is 1. The van der Waals surface area contributed by atoms with Crippen LogP contribution in [0.25, 0.3) is 11.6 Å². The van der Waals surface area contributed by atoms with Crippen LogP contribution in [0.5, 0.6) is 0 Å². The van der Waals surface area contributed by atoms with Crippen molar-refractivity contribution in [3.63, 3.8) is 0 Å². The Morgan fingerprint density at radius 3 is 2.70 bits per heavy atom. The van der Waals surface area contributed by atoms with Gasteiger partial charge in [-0.25, -0.2) is 0 Å². The Hall–Kier alpha value is -1.58. The van der Waals surface area contributed by atoms with E-state index in [-0.39, 0.29) is 13.3 Å². The fourth-order valence-corrected chi connectivity index (χ4v) is 2.66. The van der Waals surface area contributed by atoms with Gasteiger partial charge in [0.05, 0.1) is 5.69 Å². The zero-order valence-corrected chi connectivity index (χ0v) is 12.1. The SMILES string of the molecule is C.O=C1Nc2cc(Cl)ccc2C1=Cc1cccc(Br)c1. The lowest BCUT2D eigenvalue weighted by Crippen LogP contribution is -2.03. The smallest absolute Gasteiger partial charge is 0.256 e. The summed E-state index contributed by atoms with van der Waals surface area (Å²) >= 11 is 9.34. The average molecular weight is 351 g/mol. The van der Waals surface area contributed by atoms with Crippen molar-refractivity contribution in [2.75, 3.05) is 5.32 Å². The highest BCUT2D eigenvalue weighted by Gasteiger charge is 2.23. The molecule has 0 aliphatic carbocycles. The molecule has 2 aromatic rings. The summed E-state index contributed by atoms with van der Waals surface area (Å²) in [5.74, 6) is -0.0998. The lowest BCUT2D eigenvalue weighted by molar-refractivity contribution is -0.110. The first-order chi connectivity index (χ1) is 9.13. The summed E-state index contributed by atoms with van der Waals surface area (Å²) in [5, 5.41) is 3.43. The van der Waals surface area contributed by atoms with E-state index >= 15 is 0 Å². The molecule has 0 spiro atoms. The maximum Gasteiger partial charge on any atom is 0.256 e. The maximum atomic E-state index is 12.0. The summed E-state index contributed by atoms with van der Waals surface area (Å²) in [7, 11) is 0. The summed E-state index contributed by atoms with van der Waals surface area (Å²) in [5.41, 5.74) is 3.28. The Morgan fingerprint density at radius 2 is 1.95 bits per heavy atom. The standard InChI is InChI=1S/C15H9BrClNO.CH4/c16-10-3-1-2-9(6-10)7-13-12-5-4-11(17)8-14(12)18-15(13)19;/h1-8H,(H,18,19);1H4. The van der Waals surface area contributed by atoms with Crippen molar-refractivity contribution in [2.45, 2.75) is 7.43 Å². The third-order valence-corrected chi connectivity index (χ3v) is 3.65. The van der Waals surface area contributed by atoms with Crippen LogP contribution in [0.3, 0.4) is 0 Å². The van der Waals surface area contributed by atoms with E-state index in [0.29, 0.717) is 10.6 Å². The van der Waals surface area contributed by atoms with Crippen LogP contribution in [-0.2, 0) is 4.79 Å². The zero-order chi connectivity index (χ0) is 13.4. The minimum Gasteiger partial charge on any atom is -0.321 e. The highest BCUT2D eigenvalue weighted by atomic mass is 79.9. The Labute approximate surface area is 131 Å². The second-order valence-electron chi connectivity index (χ2n) is 4.26. The first kappa shape index (κ1) is 14.8. The van der Waals surface area contributed by atoms with Gasteiger partial charge in [0, 0.05) is 20.6 Å². The first-order valence-electron chi connectivity index (χ1n) is 5.72. The molecule has 2 aromatic carbocycles. The molecule has 3 rings (SSSR count). The number of hydrogen-bond donors (Lipinski definition) is 1. The second kappa shape index (κ2) is 5.81. The summed E-state index contributed by atoms with van der Waals surface area (Å²) in [6.07, 6.45) is 1.87. The van der Waals surface area contributed by atoms with Crippen LogP contribution in [-0.4, -0.2) is 5.91 Å². The van der Waals surface area contributed by atoms with Crippen LogP contribution in [0.15, 0.2) is 46.9 Å². The fourth-order valence-electron chi connectivity index (χ4n) is 2.07. The molecule has 1 N–H and O–H groups in total. The van der Waals surface area contributed by atoms with E-state index in [0.717, 1.165) is 21.3 Å². The fraction of sp³-hybridized carbons (Fsp3) is 0.0625. The van der Waals surface area contributed by atoms with E-state index < -0.39 is 0 Å². The molecule has 1 aliphatic rings. The van der Waals surface area contributed by atoms with E-state index in [1.54, 1.807) is 12.1 Å². The Kier molecular flexibility index (Phi) is 4.31. The summed E-state index contributed by atoms with van der Waals surface area (Å²) < 4.78 is 0.983. The van der Waals surface area contributed by atoms with Crippen molar-refractivity contribution in [3.8, 4) is 0 Å². The lowest BCUT2D eigenvalue weighted by Gasteiger charge is -1.99. The normalized spacial score (nSPS) is 14.7. The van der Waals surface area contributed by atoms with Crippen molar-refractivity contribution < 1.29 is 4.79 Å². The van der Waals surface area contributed by atoms with Gasteiger partial charge in [-0.05, 0) is 35.9 Å². The number of amides is 1. The number of rotatable bonds is 1. The molecular weight excluding hydrogens is 338 g/mol. The van der Waals surface area contributed by atoms with Crippen molar-refractivity contribution in [1.29, 1.82) is 0 Å². The van der Waals surface area contributed by atoms with Crippen molar-refractivity contribution in [1.82, 2.24) is 0 Å². The molecule has 0 fully saturated rings. The number of fused-ring (bicyclic) bond motifs is 1. The first-order valence-corrected chi connectivity index (χ1v) is 6.89. The Bertz CT molecular complexity index is 709. The van der Waals surface area contributed by atoms with Gasteiger partial charge in [-0.2, -0.15) is 0 Å². The molecule has 1 aliphatic heterocycles. The maximum absolute atomic E-state index is 12.0. The van der Waals surface area contributed by atoms with Gasteiger partial charge >= 0.3 is 0 Å². The van der Waals surface area contributed by atoms with E-state index in [1.807, 2.05) is 36.4 Å². The number of halogens is 2. The van der Waals surface area contributed by atoms with Crippen molar-refractivity contribution in [2.24, 2.45) is 0 Å². The van der Waals surface area contributed by atoms with Crippen LogP contribution >= 0.6 is 27.5 Å². The molecule has 2 nitrogen and oxygen atoms in total. The number of nitrogens with one attached hydrogen (secondary N) is 1. The van der Waals surface area contributed by atoms with Crippen molar-refractivity contribution in [3.05, 3.63) is 63.1 Å². The molecule has 0 aromatic heterocycles. The molecule has 102 valence electrons. The van der Waals surface area contributed by atoms with Crippen molar-refractivity contribution >= 4 is 50.8 Å². The lowest BCUT2D eigenvalue weighted by atomic mass is 10.0. The van der Waals surface area contributed by atoms with E-state index in [9.17, 15) is 4.79 Å². The molecule has 1 heterocycles. The van der Waals surface area contributed by atoms with Gasteiger partial charge in [0.15, 0.2) is 0 Å². The van der Waals surface area contributed by atoms with Gasteiger partial charge in [0.1, 0.15) is 0 Å². The summed E-state index contributed by atoms with van der Waals surface area (Å²) in [6.45, 7) is 0. The summed E-state index contributed by atoms with van der Waals surface area (Å²) in [4.78, 5) is 12.0. The minimum absolute atomic E-state index is 0. The monoisotopic (exact) mass is 349 g/mol. The van der Waals surface area contributed by atoms with Gasteiger partial charge < -0.3 is 5.32 Å². The Balaban J connectivity index is 0.00000147. The molecule has 1 amide bonds. The molecule has 0 radical (unpaired) electrons. The van der Waals surface area contributed by atoms with Gasteiger partial charge in [-0.3, -0.25) is 4.79 Å². The predicted octanol–water partition coefficient (Wildman–Crippen LogP) is 5.23. The predicted molar refractivity (Wildman–Crippen MR) is 88.8 cm³/mol. The average Bonchev–Trinajstić information content (AvgIpc) is 2.65. The highest BCUT2D eigenvalue weighted by Crippen LogP contribution is 2.35. The Morgan fingerprint density at radius 1 is 1.15 bits per heavy atom. The number of benzene rings is 2. The van der Waals surface area contributed by atoms with Gasteiger partial charge in [-0.15, -0.1) is 0 Å². The molecular formula is C16H13BrClNO. The third-order valence-electron chi connectivity index (χ3n) is 2.92. The van der Waals surface area contributed by atoms with Gasteiger partial charge in [0.25, 0.3) is 5.91 Å². The van der Waals surface area contributed by atoms with Gasteiger partial charge in [-0.1, -0.05) is 53.2 Å². The molecule has 4 heteroatoms.